The molecule has 6 heteroatoms. The Labute approximate surface area is 127 Å². The first kappa shape index (κ1) is 16.1. The second kappa shape index (κ2) is 7.65. The highest BCUT2D eigenvalue weighted by Gasteiger charge is 2.24. The van der Waals surface area contributed by atoms with Gasteiger partial charge in [0, 0.05) is 24.7 Å². The van der Waals surface area contributed by atoms with Gasteiger partial charge in [0.25, 0.3) is 5.69 Å². The van der Waals surface area contributed by atoms with Crippen LogP contribution >= 0.6 is 0 Å². The zero-order valence-electron chi connectivity index (χ0n) is 11.8. The minimum absolute atomic E-state index is 0.0961. The fourth-order valence-electron chi connectivity index (χ4n) is 2.19. The van der Waals surface area contributed by atoms with Gasteiger partial charge in [-0.05, 0) is 6.07 Å². The molecule has 2 aromatic carbocycles. The van der Waals surface area contributed by atoms with Crippen LogP contribution in [0.5, 0.6) is 0 Å². The Morgan fingerprint density at radius 1 is 1.09 bits per heavy atom. The van der Waals surface area contributed by atoms with Gasteiger partial charge < -0.3 is 14.9 Å². The van der Waals surface area contributed by atoms with E-state index in [2.05, 4.69) is 0 Å². The summed E-state index contributed by atoms with van der Waals surface area (Å²) in [7, 11) is 0. The van der Waals surface area contributed by atoms with Crippen molar-refractivity contribution >= 4 is 5.69 Å². The van der Waals surface area contributed by atoms with Gasteiger partial charge in [-0.25, -0.2) is 0 Å². The van der Waals surface area contributed by atoms with Crippen molar-refractivity contribution in [1.82, 2.24) is 0 Å². The lowest BCUT2D eigenvalue weighted by Crippen LogP contribution is -2.13. The third kappa shape index (κ3) is 3.88. The van der Waals surface area contributed by atoms with Crippen LogP contribution in [0.3, 0.4) is 0 Å². The summed E-state index contributed by atoms with van der Waals surface area (Å²) in [4.78, 5) is 10.6. The molecule has 2 atom stereocenters. The van der Waals surface area contributed by atoms with Gasteiger partial charge in [-0.15, -0.1) is 0 Å². The fourth-order valence-corrected chi connectivity index (χ4v) is 2.19. The molecule has 0 bridgehead atoms. The first-order valence-electron chi connectivity index (χ1n) is 6.86. The van der Waals surface area contributed by atoms with Crippen molar-refractivity contribution in [3.05, 3.63) is 75.8 Å². The normalized spacial score (nSPS) is 13.5. The number of rotatable bonds is 7. The second-order valence-corrected chi connectivity index (χ2v) is 4.72. The fraction of sp³-hybridized carbons (Fsp3) is 0.250. The molecule has 0 radical (unpaired) electrons. The van der Waals surface area contributed by atoms with E-state index in [-0.39, 0.29) is 18.7 Å². The highest BCUT2D eigenvalue weighted by atomic mass is 16.6. The van der Waals surface area contributed by atoms with E-state index in [0.717, 1.165) is 0 Å². The molecule has 0 saturated carbocycles. The van der Waals surface area contributed by atoms with Crippen LogP contribution in [0.2, 0.25) is 0 Å². The minimum Gasteiger partial charge on any atom is -0.396 e. The number of hydrogen-bond donors (Lipinski definition) is 2. The van der Waals surface area contributed by atoms with Crippen molar-refractivity contribution in [3.63, 3.8) is 0 Å². The average molecular weight is 303 g/mol. The molecule has 0 amide bonds. The Morgan fingerprint density at radius 2 is 1.73 bits per heavy atom. The Bertz CT molecular complexity index is 617. The molecule has 116 valence electrons. The maximum absolute atomic E-state index is 11.1. The van der Waals surface area contributed by atoms with Crippen LogP contribution in [0.25, 0.3) is 0 Å². The molecular weight excluding hydrogens is 286 g/mol. The quantitative estimate of drug-likeness (QED) is 0.466. The van der Waals surface area contributed by atoms with Crippen LogP contribution in [0.4, 0.5) is 5.69 Å². The highest BCUT2D eigenvalue weighted by molar-refractivity contribution is 5.41. The maximum atomic E-state index is 11.1. The SMILES string of the molecule is O=[N+]([O-])c1ccccc1[C@@H](CCO)OC(O)c1ccccc1. The van der Waals surface area contributed by atoms with Crippen LogP contribution in [-0.4, -0.2) is 21.7 Å². The predicted octanol–water partition coefficient (Wildman–Crippen LogP) is 2.73. The number of benzene rings is 2. The minimum atomic E-state index is -1.22. The number of nitro benzene ring substituents is 1. The van der Waals surface area contributed by atoms with Crippen LogP contribution in [0.15, 0.2) is 54.6 Å². The van der Waals surface area contributed by atoms with E-state index in [1.165, 1.54) is 6.07 Å². The number of ether oxygens (including phenoxy) is 1. The molecule has 22 heavy (non-hydrogen) atoms. The third-order valence-electron chi connectivity index (χ3n) is 3.25. The molecular formula is C16H17NO5. The van der Waals surface area contributed by atoms with Crippen molar-refractivity contribution in [1.29, 1.82) is 0 Å². The van der Waals surface area contributed by atoms with E-state index in [4.69, 9.17) is 4.74 Å². The summed E-state index contributed by atoms with van der Waals surface area (Å²) in [6.45, 7) is -0.210. The topological polar surface area (TPSA) is 92.8 Å². The van der Waals surface area contributed by atoms with Crippen molar-refractivity contribution < 1.29 is 19.9 Å². The van der Waals surface area contributed by atoms with Crippen molar-refractivity contribution in [2.75, 3.05) is 6.61 Å². The molecule has 0 heterocycles. The Balaban J connectivity index is 2.25. The molecule has 0 aliphatic carbocycles. The molecule has 2 aromatic rings. The summed E-state index contributed by atoms with van der Waals surface area (Å²) in [6, 6.07) is 14.9. The number of aliphatic hydroxyl groups is 2. The predicted molar refractivity (Wildman–Crippen MR) is 80.0 cm³/mol. The highest BCUT2D eigenvalue weighted by Crippen LogP contribution is 2.33. The number of para-hydroxylation sites is 1. The number of hydrogen-bond acceptors (Lipinski definition) is 5. The van der Waals surface area contributed by atoms with Gasteiger partial charge in [-0.1, -0.05) is 42.5 Å². The van der Waals surface area contributed by atoms with Crippen LogP contribution in [0.1, 0.15) is 29.9 Å². The van der Waals surface area contributed by atoms with Gasteiger partial charge in [-0.2, -0.15) is 0 Å². The van der Waals surface area contributed by atoms with E-state index in [1.807, 2.05) is 6.07 Å². The monoisotopic (exact) mass is 303 g/mol. The Morgan fingerprint density at radius 3 is 2.36 bits per heavy atom. The summed E-state index contributed by atoms with van der Waals surface area (Å²) in [5.41, 5.74) is 0.779. The van der Waals surface area contributed by atoms with Crippen LogP contribution in [0, 0.1) is 10.1 Å². The van der Waals surface area contributed by atoms with E-state index < -0.39 is 17.3 Å². The van der Waals surface area contributed by atoms with Gasteiger partial charge in [0.15, 0.2) is 6.29 Å². The third-order valence-corrected chi connectivity index (χ3v) is 3.25. The standard InChI is InChI=1S/C16H17NO5/c18-11-10-15(13-8-4-5-9-14(13)17(20)21)22-16(19)12-6-2-1-3-7-12/h1-9,15-16,18-19H,10-11H2/t15-,16?/m1/s1. The van der Waals surface area contributed by atoms with Gasteiger partial charge in [0.05, 0.1) is 16.6 Å². The van der Waals surface area contributed by atoms with Gasteiger partial charge in [0.2, 0.25) is 0 Å². The van der Waals surface area contributed by atoms with Crippen molar-refractivity contribution in [2.24, 2.45) is 0 Å². The van der Waals surface area contributed by atoms with Gasteiger partial charge >= 0.3 is 0 Å². The molecule has 0 fully saturated rings. The van der Waals surface area contributed by atoms with E-state index in [1.54, 1.807) is 42.5 Å². The van der Waals surface area contributed by atoms with Crippen molar-refractivity contribution in [2.45, 2.75) is 18.8 Å². The summed E-state index contributed by atoms with van der Waals surface area (Å²) in [5, 5.41) is 30.4. The van der Waals surface area contributed by atoms with Crippen LogP contribution in [-0.2, 0) is 4.74 Å². The first-order chi connectivity index (χ1) is 10.6. The lowest BCUT2D eigenvalue weighted by Gasteiger charge is -2.21. The molecule has 2 N–H and O–H groups in total. The van der Waals surface area contributed by atoms with Crippen molar-refractivity contribution in [3.8, 4) is 0 Å². The molecule has 2 rings (SSSR count). The summed E-state index contributed by atoms with van der Waals surface area (Å²) in [6.07, 6.45) is -1.85. The molecule has 0 saturated heterocycles. The van der Waals surface area contributed by atoms with E-state index >= 15 is 0 Å². The van der Waals surface area contributed by atoms with Gasteiger partial charge in [-0.3, -0.25) is 10.1 Å². The molecule has 0 aromatic heterocycles. The number of nitro groups is 1. The summed E-state index contributed by atoms with van der Waals surface area (Å²) >= 11 is 0. The Kier molecular flexibility index (Phi) is 5.60. The first-order valence-corrected chi connectivity index (χ1v) is 6.86. The lowest BCUT2D eigenvalue weighted by molar-refractivity contribution is -0.386. The molecule has 0 aliphatic rings. The lowest BCUT2D eigenvalue weighted by atomic mass is 10.0. The molecule has 1 unspecified atom stereocenters. The van der Waals surface area contributed by atoms with Gasteiger partial charge in [0.1, 0.15) is 0 Å². The maximum Gasteiger partial charge on any atom is 0.275 e. The summed E-state index contributed by atoms with van der Waals surface area (Å²) in [5.74, 6) is 0. The van der Waals surface area contributed by atoms with Crippen LogP contribution < -0.4 is 0 Å². The number of aliphatic hydroxyl groups excluding tert-OH is 2. The number of nitrogens with zero attached hydrogens (tertiary/aromatic N) is 1. The molecule has 0 spiro atoms. The largest absolute Gasteiger partial charge is 0.396 e. The van der Waals surface area contributed by atoms with E-state index in [0.29, 0.717) is 11.1 Å². The molecule has 0 aliphatic heterocycles. The molecule has 6 nitrogen and oxygen atoms in total. The zero-order valence-corrected chi connectivity index (χ0v) is 11.8. The Hall–Kier alpha value is -2.28. The smallest absolute Gasteiger partial charge is 0.275 e. The second-order valence-electron chi connectivity index (χ2n) is 4.72. The summed E-state index contributed by atoms with van der Waals surface area (Å²) < 4.78 is 5.54. The van der Waals surface area contributed by atoms with E-state index in [9.17, 15) is 20.3 Å². The average Bonchev–Trinajstić information content (AvgIpc) is 2.55. The zero-order chi connectivity index (χ0) is 15.9.